The van der Waals surface area contributed by atoms with E-state index in [1.165, 1.54) is 18.4 Å². The average Bonchev–Trinajstić information content (AvgIpc) is 1.97. The lowest BCUT2D eigenvalue weighted by Crippen LogP contribution is -1.86. The second kappa shape index (κ2) is 6.81. The van der Waals surface area contributed by atoms with Crippen molar-refractivity contribution in [3.05, 3.63) is 12.2 Å². The third-order valence-electron chi connectivity index (χ3n) is 1.57. The van der Waals surface area contributed by atoms with Crippen molar-refractivity contribution in [3.63, 3.8) is 0 Å². The van der Waals surface area contributed by atoms with Gasteiger partial charge >= 0.3 is 0 Å². The van der Waals surface area contributed by atoms with Crippen molar-refractivity contribution in [2.45, 2.75) is 39.0 Å². The second-order valence-electron chi connectivity index (χ2n) is 2.68. The smallest absolute Gasteiger partial charge is 0.0434 e. The number of aliphatic hydroxyl groups excluding tert-OH is 1. The van der Waals surface area contributed by atoms with Crippen LogP contribution in [0.2, 0.25) is 0 Å². The number of aliphatic hydroxyl groups is 1. The van der Waals surface area contributed by atoms with Gasteiger partial charge in [-0.2, -0.15) is 0 Å². The Balaban J connectivity index is 3.09. The lowest BCUT2D eigenvalue weighted by atomic mass is 10.1. The van der Waals surface area contributed by atoms with Gasteiger partial charge in [-0.05, 0) is 25.7 Å². The maximum atomic E-state index is 8.50. The molecule has 0 amide bonds. The molecule has 0 aliphatic heterocycles. The summed E-state index contributed by atoms with van der Waals surface area (Å²) in [5, 5.41) is 8.50. The van der Waals surface area contributed by atoms with Gasteiger partial charge in [0.2, 0.25) is 0 Å². The van der Waals surface area contributed by atoms with Crippen LogP contribution in [0.3, 0.4) is 0 Å². The molecular weight excluding hydrogens is 124 g/mol. The van der Waals surface area contributed by atoms with E-state index >= 15 is 0 Å². The van der Waals surface area contributed by atoms with Crippen molar-refractivity contribution in [3.8, 4) is 0 Å². The van der Waals surface area contributed by atoms with Crippen molar-refractivity contribution in [2.24, 2.45) is 0 Å². The Morgan fingerprint density at radius 3 is 2.40 bits per heavy atom. The van der Waals surface area contributed by atoms with E-state index in [4.69, 9.17) is 5.11 Å². The van der Waals surface area contributed by atoms with E-state index in [9.17, 15) is 0 Å². The molecule has 0 saturated heterocycles. The molecule has 0 atom stereocenters. The summed E-state index contributed by atoms with van der Waals surface area (Å²) in [6.45, 7) is 6.40. The van der Waals surface area contributed by atoms with Gasteiger partial charge in [0, 0.05) is 6.61 Å². The number of hydrogen-bond donors (Lipinski definition) is 1. The molecule has 0 fully saturated rings. The fourth-order valence-electron chi connectivity index (χ4n) is 0.881. The van der Waals surface area contributed by atoms with Crippen LogP contribution in [0.15, 0.2) is 12.2 Å². The summed E-state index contributed by atoms with van der Waals surface area (Å²) in [5.74, 6) is 0. The van der Waals surface area contributed by atoms with Crippen molar-refractivity contribution in [1.82, 2.24) is 0 Å². The van der Waals surface area contributed by atoms with E-state index in [1.807, 2.05) is 0 Å². The van der Waals surface area contributed by atoms with Gasteiger partial charge in [0.25, 0.3) is 0 Å². The fraction of sp³-hybridized carbons (Fsp3) is 0.778. The summed E-state index contributed by atoms with van der Waals surface area (Å²) in [5.41, 5.74) is 1.29. The molecule has 1 heteroatoms. The molecule has 0 rings (SSSR count). The average molecular weight is 142 g/mol. The highest BCUT2D eigenvalue weighted by Crippen LogP contribution is 2.10. The molecule has 0 aromatic carbocycles. The minimum Gasteiger partial charge on any atom is -0.396 e. The molecule has 0 aromatic rings. The van der Waals surface area contributed by atoms with Gasteiger partial charge in [0.1, 0.15) is 0 Å². The molecule has 0 radical (unpaired) electrons. The van der Waals surface area contributed by atoms with Crippen LogP contribution in [-0.2, 0) is 0 Å². The molecular formula is C9H18O. The number of unbranched alkanes of at least 4 members (excludes halogenated alkanes) is 1. The number of rotatable bonds is 6. The Bertz CT molecular complexity index is 76.7. The first-order valence-corrected chi connectivity index (χ1v) is 4.08. The van der Waals surface area contributed by atoms with E-state index in [1.54, 1.807) is 0 Å². The predicted octanol–water partition coefficient (Wildman–Crippen LogP) is 2.51. The van der Waals surface area contributed by atoms with Crippen LogP contribution < -0.4 is 0 Å². The van der Waals surface area contributed by atoms with Crippen LogP contribution in [-0.4, -0.2) is 11.7 Å². The van der Waals surface area contributed by atoms with E-state index in [2.05, 4.69) is 13.5 Å². The Kier molecular flexibility index (Phi) is 6.61. The van der Waals surface area contributed by atoms with Crippen LogP contribution in [0.4, 0.5) is 0 Å². The third kappa shape index (κ3) is 5.83. The highest BCUT2D eigenvalue weighted by molar-refractivity contribution is 4.93. The maximum Gasteiger partial charge on any atom is 0.0434 e. The second-order valence-corrected chi connectivity index (χ2v) is 2.68. The molecule has 0 aromatic heterocycles. The maximum absolute atomic E-state index is 8.50. The van der Waals surface area contributed by atoms with E-state index in [0.717, 1.165) is 19.3 Å². The Morgan fingerprint density at radius 2 is 1.90 bits per heavy atom. The summed E-state index contributed by atoms with van der Waals surface area (Å²) < 4.78 is 0. The van der Waals surface area contributed by atoms with Crippen LogP contribution in [0, 0.1) is 0 Å². The molecule has 0 heterocycles. The molecule has 0 aliphatic carbocycles. The Morgan fingerprint density at radius 1 is 1.30 bits per heavy atom. The summed E-state index contributed by atoms with van der Waals surface area (Å²) in [4.78, 5) is 0. The normalized spacial score (nSPS) is 9.80. The van der Waals surface area contributed by atoms with Gasteiger partial charge in [-0.25, -0.2) is 0 Å². The number of hydrogen-bond acceptors (Lipinski definition) is 1. The molecule has 0 unspecified atom stereocenters. The quantitative estimate of drug-likeness (QED) is 0.565. The molecule has 0 aliphatic rings. The van der Waals surface area contributed by atoms with Gasteiger partial charge < -0.3 is 5.11 Å². The summed E-state index contributed by atoms with van der Waals surface area (Å²) in [7, 11) is 0. The zero-order chi connectivity index (χ0) is 7.82. The van der Waals surface area contributed by atoms with Crippen molar-refractivity contribution in [1.29, 1.82) is 0 Å². The number of allylic oxidation sites excluding steroid dienone is 1. The van der Waals surface area contributed by atoms with Gasteiger partial charge in [0.15, 0.2) is 0 Å². The standard InChI is InChI=1S/C9H18O/c1-3-4-6-9(2)7-5-8-10/h10H,2-8H2,1H3. The largest absolute Gasteiger partial charge is 0.396 e. The lowest BCUT2D eigenvalue weighted by Gasteiger charge is -2.01. The molecule has 0 bridgehead atoms. The summed E-state index contributed by atoms with van der Waals surface area (Å²) >= 11 is 0. The van der Waals surface area contributed by atoms with E-state index in [0.29, 0.717) is 6.61 Å². The summed E-state index contributed by atoms with van der Waals surface area (Å²) in [6, 6.07) is 0. The first-order valence-electron chi connectivity index (χ1n) is 4.08. The highest BCUT2D eigenvalue weighted by atomic mass is 16.2. The first kappa shape index (κ1) is 9.70. The first-order chi connectivity index (χ1) is 4.81. The third-order valence-corrected chi connectivity index (χ3v) is 1.57. The fourth-order valence-corrected chi connectivity index (χ4v) is 0.881. The van der Waals surface area contributed by atoms with Gasteiger partial charge in [-0.15, -0.1) is 0 Å². The molecule has 60 valence electrons. The van der Waals surface area contributed by atoms with Crippen molar-refractivity contribution < 1.29 is 5.11 Å². The molecule has 1 N–H and O–H groups in total. The zero-order valence-electron chi connectivity index (χ0n) is 6.90. The molecule has 1 nitrogen and oxygen atoms in total. The van der Waals surface area contributed by atoms with E-state index < -0.39 is 0 Å². The van der Waals surface area contributed by atoms with Crippen LogP contribution >= 0.6 is 0 Å². The molecule has 0 spiro atoms. The van der Waals surface area contributed by atoms with Crippen molar-refractivity contribution >= 4 is 0 Å². The van der Waals surface area contributed by atoms with Gasteiger partial charge in [0.05, 0.1) is 0 Å². The monoisotopic (exact) mass is 142 g/mol. The minimum absolute atomic E-state index is 0.297. The lowest BCUT2D eigenvalue weighted by molar-refractivity contribution is 0.288. The SMILES string of the molecule is C=C(CCCC)CCCO. The van der Waals surface area contributed by atoms with Crippen molar-refractivity contribution in [2.75, 3.05) is 6.61 Å². The predicted molar refractivity (Wildman–Crippen MR) is 45.0 cm³/mol. The van der Waals surface area contributed by atoms with E-state index in [-0.39, 0.29) is 0 Å². The van der Waals surface area contributed by atoms with Gasteiger partial charge in [-0.1, -0.05) is 25.5 Å². The molecule has 0 saturated carbocycles. The van der Waals surface area contributed by atoms with Gasteiger partial charge in [-0.3, -0.25) is 0 Å². The topological polar surface area (TPSA) is 20.2 Å². The minimum atomic E-state index is 0.297. The van der Waals surface area contributed by atoms with Crippen LogP contribution in [0.5, 0.6) is 0 Å². The Hall–Kier alpha value is -0.300. The zero-order valence-corrected chi connectivity index (χ0v) is 6.90. The van der Waals surface area contributed by atoms with Crippen LogP contribution in [0.25, 0.3) is 0 Å². The Labute approximate surface area is 63.8 Å². The summed E-state index contributed by atoms with van der Waals surface area (Å²) in [6.07, 6.45) is 5.48. The van der Waals surface area contributed by atoms with Crippen LogP contribution in [0.1, 0.15) is 39.0 Å². The highest BCUT2D eigenvalue weighted by Gasteiger charge is 1.92. The molecule has 10 heavy (non-hydrogen) atoms.